The largest absolute Gasteiger partial charge is 0.322 e. The number of rotatable bonds is 4. The first-order valence-electron chi connectivity index (χ1n) is 6.13. The normalized spacial score (nSPS) is 16.7. The van der Waals surface area contributed by atoms with E-state index >= 15 is 0 Å². The summed E-state index contributed by atoms with van der Waals surface area (Å²) in [4.78, 5) is 1.92. The lowest BCUT2D eigenvalue weighted by atomic mass is 9.83. The van der Waals surface area contributed by atoms with Crippen LogP contribution in [0.5, 0.6) is 0 Å². The van der Waals surface area contributed by atoms with Crippen molar-refractivity contribution >= 4 is 0 Å². The summed E-state index contributed by atoms with van der Waals surface area (Å²) in [5.74, 6) is -1.11. The molecule has 4 heteroatoms. The van der Waals surface area contributed by atoms with E-state index in [4.69, 9.17) is 5.73 Å². The highest BCUT2D eigenvalue weighted by Gasteiger charge is 2.36. The Morgan fingerprint density at radius 2 is 1.89 bits per heavy atom. The summed E-state index contributed by atoms with van der Waals surface area (Å²) in [6.07, 6.45) is 0.702. The van der Waals surface area contributed by atoms with Crippen LogP contribution in [0.3, 0.4) is 0 Å². The third kappa shape index (κ3) is 2.40. The monoisotopic (exact) mass is 256 g/mol. The minimum Gasteiger partial charge on any atom is -0.322 e. The Morgan fingerprint density at radius 1 is 1.33 bits per heavy atom. The summed E-state index contributed by atoms with van der Waals surface area (Å²) < 4.78 is 28.0. The molecule has 2 nitrogen and oxygen atoms in total. The number of aryl methyl sites for hydroxylation is 1. The third-order valence-electron chi connectivity index (χ3n) is 4.04. The quantitative estimate of drug-likeness (QED) is 0.897. The van der Waals surface area contributed by atoms with Gasteiger partial charge in [-0.2, -0.15) is 0 Å². The highest BCUT2D eigenvalue weighted by atomic mass is 19.1. The van der Waals surface area contributed by atoms with Crippen LogP contribution in [0.1, 0.15) is 37.4 Å². The molecule has 0 aliphatic rings. The Morgan fingerprint density at radius 3 is 2.33 bits per heavy atom. The fraction of sp³-hybridized carbons (Fsp3) is 0.571. The molecular weight excluding hydrogens is 234 g/mol. The lowest BCUT2D eigenvalue weighted by Gasteiger charge is -2.41. The van der Waals surface area contributed by atoms with Crippen LogP contribution in [0.25, 0.3) is 0 Å². The second-order valence-electron chi connectivity index (χ2n) is 5.17. The van der Waals surface area contributed by atoms with Crippen molar-refractivity contribution in [3.63, 3.8) is 0 Å². The van der Waals surface area contributed by atoms with Gasteiger partial charge in [-0.15, -0.1) is 0 Å². The average Bonchev–Trinajstić information content (AvgIpc) is 2.32. The number of nitrogens with two attached hydrogens (primary N) is 1. The second kappa shape index (κ2) is 5.33. The maximum Gasteiger partial charge on any atom is 0.133 e. The summed E-state index contributed by atoms with van der Waals surface area (Å²) in [5.41, 5.74) is 6.04. The Kier molecular flexibility index (Phi) is 4.46. The van der Waals surface area contributed by atoms with Crippen LogP contribution in [-0.4, -0.2) is 24.5 Å². The molecule has 0 radical (unpaired) electrons. The molecule has 0 aliphatic carbocycles. The molecule has 0 saturated carbocycles. The van der Waals surface area contributed by atoms with E-state index in [9.17, 15) is 8.78 Å². The molecule has 0 spiro atoms. The molecular formula is C14H22F2N2. The van der Waals surface area contributed by atoms with E-state index in [1.165, 1.54) is 12.1 Å². The number of benzene rings is 1. The van der Waals surface area contributed by atoms with Gasteiger partial charge in [0.25, 0.3) is 0 Å². The molecule has 2 atom stereocenters. The van der Waals surface area contributed by atoms with Gasteiger partial charge in [-0.3, -0.25) is 0 Å². The first-order valence-corrected chi connectivity index (χ1v) is 6.13. The summed E-state index contributed by atoms with van der Waals surface area (Å²) in [6, 6.07) is 2.00. The van der Waals surface area contributed by atoms with E-state index in [1.807, 2.05) is 32.8 Å². The van der Waals surface area contributed by atoms with Crippen molar-refractivity contribution in [3.8, 4) is 0 Å². The molecule has 0 fully saturated rings. The van der Waals surface area contributed by atoms with Gasteiger partial charge in [0.05, 0.1) is 6.04 Å². The van der Waals surface area contributed by atoms with E-state index in [1.54, 1.807) is 6.92 Å². The first kappa shape index (κ1) is 15.1. The van der Waals surface area contributed by atoms with Gasteiger partial charge in [-0.25, -0.2) is 8.78 Å². The molecule has 1 aromatic rings. The Labute approximate surface area is 108 Å². The van der Waals surface area contributed by atoms with Crippen molar-refractivity contribution in [2.45, 2.75) is 38.8 Å². The van der Waals surface area contributed by atoms with Crippen LogP contribution in [0.2, 0.25) is 0 Å². The maximum atomic E-state index is 14.1. The lowest BCUT2D eigenvalue weighted by molar-refractivity contribution is 0.128. The highest BCUT2D eigenvalue weighted by Crippen LogP contribution is 2.34. The van der Waals surface area contributed by atoms with E-state index in [-0.39, 0.29) is 5.56 Å². The first-order chi connectivity index (χ1) is 8.25. The Bertz CT molecular complexity index is 432. The molecule has 0 saturated heterocycles. The van der Waals surface area contributed by atoms with Crippen LogP contribution in [-0.2, 0) is 0 Å². The van der Waals surface area contributed by atoms with Gasteiger partial charge < -0.3 is 10.6 Å². The number of nitrogens with zero attached hydrogens (tertiary/aromatic N) is 1. The van der Waals surface area contributed by atoms with Crippen molar-refractivity contribution in [1.82, 2.24) is 4.90 Å². The van der Waals surface area contributed by atoms with E-state index < -0.39 is 23.2 Å². The molecule has 2 unspecified atom stereocenters. The minimum atomic E-state index is -0.711. The molecule has 0 heterocycles. The maximum absolute atomic E-state index is 14.1. The Balaban J connectivity index is 3.34. The van der Waals surface area contributed by atoms with E-state index in [0.717, 1.165) is 0 Å². The van der Waals surface area contributed by atoms with Crippen molar-refractivity contribution < 1.29 is 8.78 Å². The average molecular weight is 256 g/mol. The molecule has 0 aromatic heterocycles. The van der Waals surface area contributed by atoms with Crippen LogP contribution >= 0.6 is 0 Å². The van der Waals surface area contributed by atoms with Crippen LogP contribution in [0.4, 0.5) is 8.78 Å². The van der Waals surface area contributed by atoms with Crippen molar-refractivity contribution in [1.29, 1.82) is 0 Å². The number of hydrogen-bond donors (Lipinski definition) is 1. The van der Waals surface area contributed by atoms with Crippen molar-refractivity contribution in [2.75, 3.05) is 14.1 Å². The predicted molar refractivity (Wildman–Crippen MR) is 70.4 cm³/mol. The standard InChI is InChI=1S/C14H22F2N2/c1-6-14(3,18(4)5)13(17)11-10(15)8-7-9(2)12(11)16/h7-8,13H,6,17H2,1-5H3. The van der Waals surface area contributed by atoms with Crippen molar-refractivity contribution in [2.24, 2.45) is 5.73 Å². The van der Waals surface area contributed by atoms with Crippen molar-refractivity contribution in [3.05, 3.63) is 34.9 Å². The summed E-state index contributed by atoms with van der Waals surface area (Å²) in [5, 5.41) is 0. The van der Waals surface area contributed by atoms with Crippen LogP contribution in [0.15, 0.2) is 12.1 Å². The van der Waals surface area contributed by atoms with Gasteiger partial charge in [-0.1, -0.05) is 13.0 Å². The highest BCUT2D eigenvalue weighted by molar-refractivity contribution is 5.31. The zero-order chi connectivity index (χ0) is 14.1. The molecule has 0 amide bonds. The molecule has 1 aromatic carbocycles. The number of halogens is 2. The molecule has 0 bridgehead atoms. The van der Waals surface area contributed by atoms with Crippen LogP contribution in [0, 0.1) is 18.6 Å². The van der Waals surface area contributed by atoms with Gasteiger partial charge in [0, 0.05) is 11.1 Å². The zero-order valence-corrected chi connectivity index (χ0v) is 11.7. The summed E-state index contributed by atoms with van der Waals surface area (Å²) in [7, 11) is 3.74. The molecule has 1 rings (SSSR count). The van der Waals surface area contributed by atoms with Gasteiger partial charge in [0.15, 0.2) is 0 Å². The molecule has 2 N–H and O–H groups in total. The molecule has 0 aliphatic heterocycles. The van der Waals surface area contributed by atoms with Gasteiger partial charge in [0.1, 0.15) is 11.6 Å². The SMILES string of the molecule is CCC(C)(C(N)c1c(F)ccc(C)c1F)N(C)C. The summed E-state index contributed by atoms with van der Waals surface area (Å²) in [6.45, 7) is 5.49. The predicted octanol–water partition coefficient (Wildman–Crippen LogP) is 3.00. The van der Waals surface area contributed by atoms with E-state index in [0.29, 0.717) is 12.0 Å². The fourth-order valence-electron chi connectivity index (χ4n) is 2.09. The molecule has 102 valence electrons. The smallest absolute Gasteiger partial charge is 0.133 e. The van der Waals surface area contributed by atoms with Gasteiger partial charge in [-0.05, 0) is 46.0 Å². The number of hydrogen-bond acceptors (Lipinski definition) is 2. The van der Waals surface area contributed by atoms with Gasteiger partial charge >= 0.3 is 0 Å². The summed E-state index contributed by atoms with van der Waals surface area (Å²) >= 11 is 0. The van der Waals surface area contributed by atoms with Crippen LogP contribution < -0.4 is 5.73 Å². The number of likely N-dealkylation sites (N-methyl/N-ethyl adjacent to an activating group) is 1. The fourth-order valence-corrected chi connectivity index (χ4v) is 2.09. The van der Waals surface area contributed by atoms with Gasteiger partial charge in [0.2, 0.25) is 0 Å². The zero-order valence-electron chi connectivity index (χ0n) is 11.7. The molecule has 18 heavy (non-hydrogen) atoms. The Hall–Kier alpha value is -1.00. The third-order valence-corrected chi connectivity index (χ3v) is 4.04. The topological polar surface area (TPSA) is 29.3 Å². The van der Waals surface area contributed by atoms with E-state index in [2.05, 4.69) is 0 Å². The second-order valence-corrected chi connectivity index (χ2v) is 5.17. The lowest BCUT2D eigenvalue weighted by Crippen LogP contribution is -2.50. The minimum absolute atomic E-state index is 0.0203.